The molecule has 102 valence electrons. The first-order valence-electron chi connectivity index (χ1n) is 6.56. The molecule has 0 aromatic heterocycles. The number of carbonyl (C=O) groups is 1. The number of fused-ring (bicyclic) bond motifs is 2. The number of aliphatic hydroxyl groups excluding tert-OH is 1. The van der Waals surface area contributed by atoms with Gasteiger partial charge in [0.05, 0.1) is 32.0 Å². The minimum absolute atomic E-state index is 0.0455. The number of rotatable bonds is 1. The van der Waals surface area contributed by atoms with Crippen LogP contribution < -0.4 is 0 Å². The summed E-state index contributed by atoms with van der Waals surface area (Å²) in [6.07, 6.45) is 0.893. The van der Waals surface area contributed by atoms with Crippen LogP contribution >= 0.6 is 0 Å². The lowest BCUT2D eigenvalue weighted by atomic mass is 9.96. The van der Waals surface area contributed by atoms with Gasteiger partial charge in [0.25, 0.3) is 0 Å². The van der Waals surface area contributed by atoms with Crippen LogP contribution in [0.4, 0.5) is 4.79 Å². The maximum absolute atomic E-state index is 11.9. The number of amides is 1. The maximum atomic E-state index is 11.9. The Morgan fingerprint density at radius 3 is 2.78 bits per heavy atom. The molecular formula is C12H19NO5. The molecule has 0 aromatic rings. The van der Waals surface area contributed by atoms with E-state index in [-0.39, 0.29) is 18.2 Å². The van der Waals surface area contributed by atoms with Gasteiger partial charge >= 0.3 is 6.09 Å². The zero-order valence-electron chi connectivity index (χ0n) is 10.5. The molecule has 1 spiro atoms. The molecule has 0 saturated carbocycles. The molecule has 2 bridgehead atoms. The molecule has 3 aliphatic heterocycles. The van der Waals surface area contributed by atoms with E-state index in [0.29, 0.717) is 39.1 Å². The van der Waals surface area contributed by atoms with Gasteiger partial charge in [0.1, 0.15) is 0 Å². The fourth-order valence-corrected chi connectivity index (χ4v) is 3.40. The highest BCUT2D eigenvalue weighted by molar-refractivity contribution is 5.69. The molecular weight excluding hydrogens is 238 g/mol. The average Bonchev–Trinajstić information content (AvgIpc) is 2.83. The zero-order valence-corrected chi connectivity index (χ0v) is 10.5. The van der Waals surface area contributed by atoms with E-state index in [1.54, 1.807) is 11.8 Å². The highest BCUT2D eigenvalue weighted by Gasteiger charge is 2.56. The van der Waals surface area contributed by atoms with Crippen molar-refractivity contribution in [3.63, 3.8) is 0 Å². The van der Waals surface area contributed by atoms with Crippen molar-refractivity contribution in [2.24, 2.45) is 0 Å². The minimum atomic E-state index is -0.587. The molecule has 0 radical (unpaired) electrons. The largest absolute Gasteiger partial charge is 0.450 e. The number of ether oxygens (including phenoxy) is 3. The molecule has 6 nitrogen and oxygen atoms in total. The van der Waals surface area contributed by atoms with Gasteiger partial charge in [-0.2, -0.15) is 0 Å². The van der Waals surface area contributed by atoms with Crippen LogP contribution in [0.2, 0.25) is 0 Å². The van der Waals surface area contributed by atoms with E-state index in [9.17, 15) is 9.90 Å². The van der Waals surface area contributed by atoms with Crippen molar-refractivity contribution < 1.29 is 24.1 Å². The molecule has 3 aliphatic rings. The Bertz CT molecular complexity index is 341. The third kappa shape index (κ3) is 1.79. The van der Waals surface area contributed by atoms with Gasteiger partial charge in [0.2, 0.25) is 0 Å². The number of aliphatic hydroxyl groups is 1. The highest BCUT2D eigenvalue weighted by atomic mass is 16.7. The lowest BCUT2D eigenvalue weighted by Gasteiger charge is -2.42. The van der Waals surface area contributed by atoms with Crippen LogP contribution in [0.15, 0.2) is 0 Å². The van der Waals surface area contributed by atoms with E-state index in [1.807, 2.05) is 0 Å². The summed E-state index contributed by atoms with van der Waals surface area (Å²) in [5.41, 5.74) is 0. The quantitative estimate of drug-likeness (QED) is 0.740. The zero-order chi connectivity index (χ0) is 12.8. The second-order valence-corrected chi connectivity index (χ2v) is 5.15. The van der Waals surface area contributed by atoms with E-state index in [2.05, 4.69) is 0 Å². The number of hydrogen-bond donors (Lipinski definition) is 1. The fourth-order valence-electron chi connectivity index (χ4n) is 3.40. The minimum Gasteiger partial charge on any atom is -0.450 e. The van der Waals surface area contributed by atoms with Crippen LogP contribution in [0, 0.1) is 0 Å². The molecule has 1 amide bonds. The van der Waals surface area contributed by atoms with Crippen molar-refractivity contribution in [1.82, 2.24) is 4.90 Å². The molecule has 0 unspecified atom stereocenters. The van der Waals surface area contributed by atoms with Crippen molar-refractivity contribution in [3.8, 4) is 0 Å². The summed E-state index contributed by atoms with van der Waals surface area (Å²) in [5.74, 6) is -0.587. The SMILES string of the molecule is CCOC(=O)N1[C@@H]2C[C@H](O)[C@H]1CC1(C2)OCCO1. The van der Waals surface area contributed by atoms with Crippen LogP contribution in [-0.4, -0.2) is 59.9 Å². The third-order valence-electron chi connectivity index (χ3n) is 4.07. The highest BCUT2D eigenvalue weighted by Crippen LogP contribution is 2.45. The van der Waals surface area contributed by atoms with E-state index in [1.165, 1.54) is 0 Å². The Morgan fingerprint density at radius 1 is 1.44 bits per heavy atom. The van der Waals surface area contributed by atoms with Gasteiger partial charge < -0.3 is 19.3 Å². The van der Waals surface area contributed by atoms with Gasteiger partial charge in [-0.05, 0) is 13.3 Å². The van der Waals surface area contributed by atoms with Crippen molar-refractivity contribution in [2.75, 3.05) is 19.8 Å². The van der Waals surface area contributed by atoms with Crippen LogP contribution in [0.1, 0.15) is 26.2 Å². The Labute approximate surface area is 106 Å². The summed E-state index contributed by atoms with van der Waals surface area (Å²) in [6, 6.07) is -0.295. The van der Waals surface area contributed by atoms with E-state index >= 15 is 0 Å². The molecule has 1 N–H and O–H groups in total. The Kier molecular flexibility index (Phi) is 2.96. The molecule has 3 fully saturated rings. The Balaban J connectivity index is 1.78. The summed E-state index contributed by atoms with van der Waals surface area (Å²) in [4.78, 5) is 13.6. The molecule has 3 heterocycles. The van der Waals surface area contributed by atoms with Gasteiger partial charge in [-0.1, -0.05) is 0 Å². The molecule has 3 saturated heterocycles. The summed E-state index contributed by atoms with van der Waals surface area (Å²) in [7, 11) is 0. The Morgan fingerprint density at radius 2 is 2.17 bits per heavy atom. The van der Waals surface area contributed by atoms with Gasteiger partial charge in [0, 0.05) is 18.9 Å². The summed E-state index contributed by atoms with van der Waals surface area (Å²) in [6.45, 7) is 3.32. The topological polar surface area (TPSA) is 68.2 Å². The van der Waals surface area contributed by atoms with Crippen LogP contribution in [0.5, 0.6) is 0 Å². The first-order chi connectivity index (χ1) is 8.65. The molecule has 3 atom stereocenters. The standard InChI is InChI=1S/C12H19NO5/c1-2-16-11(15)13-8-5-10(14)9(13)7-12(6-8)17-3-4-18-12/h8-10,14H,2-7H2,1H3/t8-,9-,10+/m1/s1. The van der Waals surface area contributed by atoms with Gasteiger partial charge in [-0.25, -0.2) is 4.79 Å². The molecule has 18 heavy (non-hydrogen) atoms. The smallest absolute Gasteiger partial charge is 0.410 e. The third-order valence-corrected chi connectivity index (χ3v) is 4.07. The number of hydrogen-bond acceptors (Lipinski definition) is 5. The molecule has 3 rings (SSSR count). The van der Waals surface area contributed by atoms with Crippen LogP contribution in [-0.2, 0) is 14.2 Å². The van der Waals surface area contributed by atoms with Gasteiger partial charge in [-0.3, -0.25) is 4.90 Å². The van der Waals surface area contributed by atoms with Crippen molar-refractivity contribution in [2.45, 2.75) is 50.2 Å². The number of carbonyl (C=O) groups excluding carboxylic acids is 1. The average molecular weight is 257 g/mol. The first kappa shape index (κ1) is 12.2. The summed E-state index contributed by atoms with van der Waals surface area (Å²) in [5, 5.41) is 10.1. The first-order valence-corrected chi connectivity index (χ1v) is 6.56. The molecule has 6 heteroatoms. The lowest BCUT2D eigenvalue weighted by molar-refractivity contribution is -0.198. The van der Waals surface area contributed by atoms with Crippen molar-refractivity contribution in [1.29, 1.82) is 0 Å². The van der Waals surface area contributed by atoms with Gasteiger partial charge in [-0.15, -0.1) is 0 Å². The Hall–Kier alpha value is -0.850. The second-order valence-electron chi connectivity index (χ2n) is 5.15. The number of nitrogens with zero attached hydrogens (tertiary/aromatic N) is 1. The van der Waals surface area contributed by atoms with E-state index in [4.69, 9.17) is 14.2 Å². The summed E-state index contributed by atoms with van der Waals surface area (Å²) < 4.78 is 16.4. The van der Waals surface area contributed by atoms with Crippen molar-refractivity contribution in [3.05, 3.63) is 0 Å². The monoisotopic (exact) mass is 257 g/mol. The maximum Gasteiger partial charge on any atom is 0.410 e. The van der Waals surface area contributed by atoms with E-state index in [0.717, 1.165) is 0 Å². The predicted molar refractivity (Wildman–Crippen MR) is 60.9 cm³/mol. The normalized spacial score (nSPS) is 37.2. The summed E-state index contributed by atoms with van der Waals surface area (Å²) >= 11 is 0. The van der Waals surface area contributed by atoms with Crippen LogP contribution in [0.3, 0.4) is 0 Å². The molecule has 0 aromatic carbocycles. The molecule has 0 aliphatic carbocycles. The predicted octanol–water partition coefficient (Wildman–Crippen LogP) is 0.484. The van der Waals surface area contributed by atoms with E-state index < -0.39 is 11.9 Å². The lowest BCUT2D eigenvalue weighted by Crippen LogP contribution is -2.55. The van der Waals surface area contributed by atoms with Crippen LogP contribution in [0.25, 0.3) is 0 Å². The fraction of sp³-hybridized carbons (Fsp3) is 0.917. The van der Waals surface area contributed by atoms with Crippen molar-refractivity contribution >= 4 is 6.09 Å². The van der Waals surface area contributed by atoms with Gasteiger partial charge in [0.15, 0.2) is 5.79 Å². The second kappa shape index (κ2) is 4.36. The number of piperidine rings is 1.